The number of hydrogen-bond donors (Lipinski definition) is 1. The van der Waals surface area contributed by atoms with Crippen LogP contribution in [0.5, 0.6) is 0 Å². The molecule has 0 fully saturated rings. The van der Waals surface area contributed by atoms with Crippen LogP contribution in [0.3, 0.4) is 0 Å². The third-order valence-electron chi connectivity index (χ3n) is 4.36. The number of nitrogens with zero attached hydrogens (tertiary/aromatic N) is 4. The Bertz CT molecular complexity index is 778. The van der Waals surface area contributed by atoms with Gasteiger partial charge in [0.05, 0.1) is 11.6 Å². The van der Waals surface area contributed by atoms with Crippen molar-refractivity contribution in [3.8, 4) is 0 Å². The van der Waals surface area contributed by atoms with Crippen LogP contribution in [-0.4, -0.2) is 53.9 Å². The number of aliphatic imine (C=N–C) groups is 1. The van der Waals surface area contributed by atoms with E-state index in [-0.39, 0.29) is 29.9 Å². The van der Waals surface area contributed by atoms with Gasteiger partial charge in [-0.3, -0.25) is 9.79 Å². The van der Waals surface area contributed by atoms with Gasteiger partial charge in [0.2, 0.25) is 5.91 Å². The van der Waals surface area contributed by atoms with Gasteiger partial charge in [0.1, 0.15) is 0 Å². The highest BCUT2D eigenvalue weighted by atomic mass is 127. The van der Waals surface area contributed by atoms with E-state index in [1.807, 2.05) is 73.2 Å². The molecule has 2 rings (SSSR count). The lowest BCUT2D eigenvalue weighted by molar-refractivity contribution is -0.130. The van der Waals surface area contributed by atoms with Crippen LogP contribution in [0.25, 0.3) is 0 Å². The average Bonchev–Trinajstić information content (AvgIpc) is 2.96. The fraction of sp³-hybridized carbons (Fsp3) is 0.400. The fourth-order valence-corrected chi connectivity index (χ4v) is 3.12. The summed E-state index contributed by atoms with van der Waals surface area (Å²) < 4.78 is 1.99. The van der Waals surface area contributed by atoms with E-state index in [0.29, 0.717) is 26.1 Å². The number of rotatable bonds is 7. The number of hydrogen-bond acceptors (Lipinski definition) is 2. The molecule has 0 aliphatic carbocycles. The fourth-order valence-electron chi connectivity index (χ4n) is 2.84. The van der Waals surface area contributed by atoms with Crippen molar-refractivity contribution in [1.29, 1.82) is 0 Å². The number of halogens is 2. The molecule has 1 aromatic carbocycles. The molecule has 1 amide bonds. The zero-order valence-electron chi connectivity index (χ0n) is 16.9. The molecule has 8 heteroatoms. The molecule has 0 saturated heterocycles. The van der Waals surface area contributed by atoms with E-state index < -0.39 is 0 Å². The van der Waals surface area contributed by atoms with E-state index in [1.165, 1.54) is 0 Å². The van der Waals surface area contributed by atoms with Crippen molar-refractivity contribution in [2.45, 2.75) is 19.5 Å². The Labute approximate surface area is 189 Å². The Kier molecular flexibility index (Phi) is 10.4. The predicted molar refractivity (Wildman–Crippen MR) is 126 cm³/mol. The summed E-state index contributed by atoms with van der Waals surface area (Å²) in [5.41, 5.74) is 2.21. The number of carbonyl (C=O) groups is 1. The lowest BCUT2D eigenvalue weighted by Crippen LogP contribution is -2.40. The number of benzene rings is 1. The van der Waals surface area contributed by atoms with Gasteiger partial charge in [0.25, 0.3) is 0 Å². The minimum absolute atomic E-state index is 0. The lowest BCUT2D eigenvalue weighted by Gasteiger charge is -2.23. The zero-order chi connectivity index (χ0) is 19.8. The minimum Gasteiger partial charge on any atom is -0.356 e. The van der Waals surface area contributed by atoms with Gasteiger partial charge < -0.3 is 19.7 Å². The first-order valence-electron chi connectivity index (χ1n) is 8.91. The first-order chi connectivity index (χ1) is 12.9. The maximum atomic E-state index is 12.3. The van der Waals surface area contributed by atoms with Crippen molar-refractivity contribution < 1.29 is 4.79 Å². The van der Waals surface area contributed by atoms with Gasteiger partial charge in [-0.15, -0.1) is 24.0 Å². The molecular formula is C20H29ClIN5O. The third-order valence-corrected chi connectivity index (χ3v) is 4.56. The number of amides is 1. The number of guanidine groups is 1. The monoisotopic (exact) mass is 517 g/mol. The van der Waals surface area contributed by atoms with Crippen LogP contribution < -0.4 is 5.32 Å². The summed E-state index contributed by atoms with van der Waals surface area (Å²) in [5, 5.41) is 3.97. The quantitative estimate of drug-likeness (QED) is 0.348. The van der Waals surface area contributed by atoms with E-state index >= 15 is 0 Å². The third kappa shape index (κ3) is 7.35. The first kappa shape index (κ1) is 24.3. The summed E-state index contributed by atoms with van der Waals surface area (Å²) >= 11 is 6.04. The van der Waals surface area contributed by atoms with Gasteiger partial charge in [-0.2, -0.15) is 0 Å². The highest BCUT2D eigenvalue weighted by molar-refractivity contribution is 14.0. The molecule has 6 nitrogen and oxygen atoms in total. The molecule has 0 saturated carbocycles. The topological polar surface area (TPSA) is 52.9 Å². The van der Waals surface area contributed by atoms with Gasteiger partial charge in [-0.1, -0.05) is 41.9 Å². The van der Waals surface area contributed by atoms with Crippen LogP contribution in [0.4, 0.5) is 0 Å². The molecule has 0 unspecified atom stereocenters. The van der Waals surface area contributed by atoms with Crippen LogP contribution in [0, 0.1) is 0 Å². The second-order valence-corrected chi connectivity index (χ2v) is 7.01. The zero-order valence-corrected chi connectivity index (χ0v) is 19.9. The Morgan fingerprint density at radius 1 is 1.18 bits per heavy atom. The van der Waals surface area contributed by atoms with Gasteiger partial charge in [0, 0.05) is 59.6 Å². The SMILES string of the molecule is CN=C(NCCC(=O)N(C)Cc1ccccc1)N(C)Cc1cc(Cl)cn1C.I. The van der Waals surface area contributed by atoms with E-state index in [0.717, 1.165) is 22.2 Å². The minimum atomic E-state index is 0. The first-order valence-corrected chi connectivity index (χ1v) is 9.29. The second-order valence-electron chi connectivity index (χ2n) is 6.58. The van der Waals surface area contributed by atoms with Crippen LogP contribution >= 0.6 is 35.6 Å². The second kappa shape index (κ2) is 12.0. The summed E-state index contributed by atoms with van der Waals surface area (Å²) in [6.45, 7) is 1.82. The molecular weight excluding hydrogens is 489 g/mol. The Balaban J connectivity index is 0.00000392. The molecule has 1 aromatic heterocycles. The Morgan fingerprint density at radius 2 is 1.86 bits per heavy atom. The number of nitrogens with one attached hydrogen (secondary N) is 1. The molecule has 0 aliphatic rings. The molecule has 0 radical (unpaired) electrons. The highest BCUT2D eigenvalue weighted by Crippen LogP contribution is 2.14. The van der Waals surface area contributed by atoms with Gasteiger partial charge in [-0.25, -0.2) is 0 Å². The van der Waals surface area contributed by atoms with Crippen molar-refractivity contribution in [1.82, 2.24) is 19.7 Å². The molecule has 0 bridgehead atoms. The van der Waals surface area contributed by atoms with Crippen molar-refractivity contribution >= 4 is 47.4 Å². The predicted octanol–water partition coefficient (Wildman–Crippen LogP) is 3.35. The number of carbonyl (C=O) groups excluding carboxylic acids is 1. The van der Waals surface area contributed by atoms with Crippen molar-refractivity contribution in [2.24, 2.45) is 12.0 Å². The van der Waals surface area contributed by atoms with Crippen LogP contribution in [0.2, 0.25) is 5.02 Å². The molecule has 1 N–H and O–H groups in total. The molecule has 2 aromatic rings. The summed E-state index contributed by atoms with van der Waals surface area (Å²) in [5.74, 6) is 0.838. The molecule has 28 heavy (non-hydrogen) atoms. The van der Waals surface area contributed by atoms with Crippen molar-refractivity contribution in [3.63, 3.8) is 0 Å². The molecule has 0 atom stereocenters. The maximum absolute atomic E-state index is 12.3. The van der Waals surface area contributed by atoms with E-state index in [2.05, 4.69) is 10.3 Å². The number of aromatic nitrogens is 1. The summed E-state index contributed by atoms with van der Waals surface area (Å²) in [4.78, 5) is 20.4. The van der Waals surface area contributed by atoms with Crippen LogP contribution in [0.15, 0.2) is 47.6 Å². The van der Waals surface area contributed by atoms with Crippen molar-refractivity contribution in [3.05, 3.63) is 58.9 Å². The van der Waals surface area contributed by atoms with E-state index in [1.54, 1.807) is 11.9 Å². The van der Waals surface area contributed by atoms with Crippen LogP contribution in [0.1, 0.15) is 17.7 Å². The molecule has 1 heterocycles. The number of aryl methyl sites for hydroxylation is 1. The highest BCUT2D eigenvalue weighted by Gasteiger charge is 2.12. The molecule has 0 aliphatic heterocycles. The van der Waals surface area contributed by atoms with Crippen LogP contribution in [-0.2, 0) is 24.9 Å². The molecule has 154 valence electrons. The largest absolute Gasteiger partial charge is 0.356 e. The Morgan fingerprint density at radius 3 is 2.43 bits per heavy atom. The summed E-state index contributed by atoms with van der Waals surface area (Å²) in [6.07, 6.45) is 2.29. The lowest BCUT2D eigenvalue weighted by atomic mass is 10.2. The van der Waals surface area contributed by atoms with E-state index in [9.17, 15) is 4.79 Å². The summed E-state index contributed by atoms with van der Waals surface area (Å²) in [6, 6.07) is 11.9. The van der Waals surface area contributed by atoms with Crippen molar-refractivity contribution in [2.75, 3.05) is 27.7 Å². The Hall–Kier alpha value is -1.74. The summed E-state index contributed by atoms with van der Waals surface area (Å²) in [7, 11) is 7.49. The average molecular weight is 518 g/mol. The smallest absolute Gasteiger partial charge is 0.224 e. The van der Waals surface area contributed by atoms with Gasteiger partial charge in [-0.05, 0) is 11.6 Å². The maximum Gasteiger partial charge on any atom is 0.224 e. The van der Waals surface area contributed by atoms with Gasteiger partial charge in [0.15, 0.2) is 5.96 Å². The van der Waals surface area contributed by atoms with Gasteiger partial charge >= 0.3 is 0 Å². The van der Waals surface area contributed by atoms with E-state index in [4.69, 9.17) is 11.6 Å². The molecule has 0 spiro atoms. The normalized spacial score (nSPS) is 11.0. The standard InChI is InChI=1S/C20H28ClN5O.HI/c1-22-20(26(4)15-18-12-17(21)14-24(18)2)23-11-10-19(27)25(3)13-16-8-6-5-7-9-16;/h5-9,12,14H,10-11,13,15H2,1-4H3,(H,22,23);1H.